The van der Waals surface area contributed by atoms with Gasteiger partial charge in [-0.2, -0.15) is 15.0 Å². The minimum absolute atomic E-state index is 0.0477. The molecule has 0 aliphatic rings. The lowest BCUT2D eigenvalue weighted by Crippen LogP contribution is -2.28. The van der Waals surface area contributed by atoms with Crippen molar-refractivity contribution in [2.45, 2.75) is 104 Å². The van der Waals surface area contributed by atoms with Crippen molar-refractivity contribution in [3.63, 3.8) is 0 Å². The number of nitrogens with one attached hydrogen (secondary N) is 1. The lowest BCUT2D eigenvalue weighted by atomic mass is 9.84. The quantitative estimate of drug-likeness (QED) is 0.117. The van der Waals surface area contributed by atoms with Crippen molar-refractivity contribution in [3.8, 4) is 23.4 Å². The van der Waals surface area contributed by atoms with Gasteiger partial charge in [-0.3, -0.25) is 0 Å². The van der Waals surface area contributed by atoms with Crippen LogP contribution in [0.15, 0.2) is 47.0 Å². The molecule has 0 aliphatic heterocycles. The van der Waals surface area contributed by atoms with E-state index in [0.29, 0.717) is 36.5 Å². The fourth-order valence-corrected chi connectivity index (χ4v) is 5.99. The molecule has 1 N–H and O–H groups in total. The zero-order chi connectivity index (χ0) is 32.4. The number of halogens is 1. The Bertz CT molecular complexity index is 1350. The smallest absolute Gasteiger partial charge is 0.240 e. The van der Waals surface area contributed by atoms with E-state index >= 15 is 0 Å². The van der Waals surface area contributed by atoms with Crippen LogP contribution in [0.2, 0.25) is 0 Å². The average Bonchev–Trinajstić information content (AvgIpc) is 3.44. The van der Waals surface area contributed by atoms with E-state index in [9.17, 15) is 4.39 Å². The van der Waals surface area contributed by atoms with E-state index in [-0.39, 0.29) is 29.8 Å². The molecular formula is C34H51FN5O3P. The maximum Gasteiger partial charge on any atom is 0.240 e. The van der Waals surface area contributed by atoms with Gasteiger partial charge >= 0.3 is 0 Å². The second kappa shape index (κ2) is 16.4. The molecule has 1 unspecified atom stereocenters. The molecule has 3 aromatic rings. The summed E-state index contributed by atoms with van der Waals surface area (Å²) < 4.78 is 32.9. The highest BCUT2D eigenvalue weighted by Crippen LogP contribution is 2.32. The molecule has 242 valence electrons. The maximum atomic E-state index is 14.4. The van der Waals surface area contributed by atoms with Gasteiger partial charge in [0.15, 0.2) is 0 Å². The van der Waals surface area contributed by atoms with Gasteiger partial charge < -0.3 is 19.3 Å². The molecule has 10 heteroatoms. The van der Waals surface area contributed by atoms with Gasteiger partial charge in [0.2, 0.25) is 29.3 Å². The predicted octanol–water partition coefficient (Wildman–Crippen LogP) is 7.24. The second-order valence-electron chi connectivity index (χ2n) is 12.7. The Hall–Kier alpha value is -2.90. The third-order valence-electron chi connectivity index (χ3n) is 7.90. The minimum Gasteiger partial charge on any atom is -0.474 e. The largest absolute Gasteiger partial charge is 0.474 e. The van der Waals surface area contributed by atoms with Crippen LogP contribution < -0.4 is 20.1 Å². The summed E-state index contributed by atoms with van der Waals surface area (Å²) in [6, 6.07) is 9.76. The number of rotatable bonds is 18. The Morgan fingerprint density at radius 2 is 1.75 bits per heavy atom. The summed E-state index contributed by atoms with van der Waals surface area (Å²) in [5.41, 5.74) is 1.66. The number of hydrogen-bond acceptors (Lipinski definition) is 8. The van der Waals surface area contributed by atoms with Gasteiger partial charge in [0, 0.05) is 6.54 Å². The summed E-state index contributed by atoms with van der Waals surface area (Å²) in [6.07, 6.45) is 2.69. The first-order chi connectivity index (χ1) is 20.8. The van der Waals surface area contributed by atoms with Crippen molar-refractivity contribution in [2.75, 3.05) is 13.6 Å². The minimum atomic E-state index is -0.968. The Morgan fingerprint density at radius 3 is 2.39 bits per heavy atom. The number of hydrogen-bond donors (Lipinski definition) is 1. The molecule has 0 spiro atoms. The van der Waals surface area contributed by atoms with Gasteiger partial charge in [-0.1, -0.05) is 62.2 Å². The number of alkyl halides is 1. The molecule has 0 aliphatic carbocycles. The van der Waals surface area contributed by atoms with E-state index < -0.39 is 11.6 Å². The Morgan fingerprint density at radius 1 is 1.07 bits per heavy atom. The van der Waals surface area contributed by atoms with E-state index in [1.165, 1.54) is 0 Å². The standard InChI is InChI=1S/C34H51FN5O3P/c1-10-13-26(17-22(4)16-21(2)3)42-30-19-29(41-24(6)23(5)18-25(35)20-36-9)37-31(38-30)32-39-33(43-40-32)34(7,8)27-14-11-12-15-28(27)44/h11-12,14-15,19,22-26,36H,2,10,13,16-18,20,44H2,1,3-9H3/t22-,23+,24+,25+,26+/m1/s1. The number of benzene rings is 1. The lowest BCUT2D eigenvalue weighted by molar-refractivity contribution is 0.123. The fourth-order valence-electron chi connectivity index (χ4n) is 5.43. The highest BCUT2D eigenvalue weighted by molar-refractivity contribution is 7.27. The summed E-state index contributed by atoms with van der Waals surface area (Å²) in [5, 5.41) is 8.21. The van der Waals surface area contributed by atoms with E-state index in [1.807, 2.05) is 52.0 Å². The molecule has 0 saturated carbocycles. The van der Waals surface area contributed by atoms with Gasteiger partial charge in [0.05, 0.1) is 11.5 Å². The zero-order valence-corrected chi connectivity index (χ0v) is 28.8. The average molecular weight is 628 g/mol. The molecule has 0 radical (unpaired) electrons. The van der Waals surface area contributed by atoms with Crippen LogP contribution in [-0.2, 0) is 5.41 Å². The fraction of sp³-hybridized carbons (Fsp3) is 0.588. The topological polar surface area (TPSA) is 95.2 Å². The van der Waals surface area contributed by atoms with Crippen LogP contribution in [0.25, 0.3) is 11.6 Å². The lowest BCUT2D eigenvalue weighted by Gasteiger charge is -2.24. The molecule has 8 nitrogen and oxygen atoms in total. The summed E-state index contributed by atoms with van der Waals surface area (Å²) in [6.45, 7) is 18.8. The van der Waals surface area contributed by atoms with E-state index in [0.717, 1.165) is 42.1 Å². The zero-order valence-electron chi connectivity index (χ0n) is 27.7. The van der Waals surface area contributed by atoms with Crippen molar-refractivity contribution in [1.29, 1.82) is 0 Å². The molecule has 3 rings (SSSR count). The SMILES string of the molecule is C=C(C)C[C@@H](C)C[C@H](CCC)Oc1cc(O[C@@H](C)[C@@H](C)C[C@H](F)CNC)nc(-c2noc(C(C)(C)c3ccccc3P)n2)n1. The van der Waals surface area contributed by atoms with Gasteiger partial charge in [-0.25, -0.2) is 4.39 Å². The van der Waals surface area contributed by atoms with Crippen molar-refractivity contribution in [2.24, 2.45) is 11.8 Å². The third-order valence-corrected chi connectivity index (χ3v) is 8.40. The third kappa shape index (κ3) is 10.1. The van der Waals surface area contributed by atoms with Crippen LogP contribution >= 0.6 is 9.24 Å². The van der Waals surface area contributed by atoms with Crippen LogP contribution in [0, 0.1) is 11.8 Å². The molecule has 0 amide bonds. The van der Waals surface area contributed by atoms with Crippen molar-refractivity contribution < 1.29 is 18.4 Å². The first kappa shape index (κ1) is 35.6. The van der Waals surface area contributed by atoms with Crippen LogP contribution in [0.5, 0.6) is 11.8 Å². The maximum absolute atomic E-state index is 14.4. The van der Waals surface area contributed by atoms with Crippen LogP contribution in [0.1, 0.15) is 92.0 Å². The number of nitrogens with zero attached hydrogens (tertiary/aromatic N) is 4. The Balaban J connectivity index is 1.96. The molecule has 0 bridgehead atoms. The van der Waals surface area contributed by atoms with Crippen molar-refractivity contribution >= 4 is 14.5 Å². The van der Waals surface area contributed by atoms with Gasteiger partial charge in [-0.05, 0) is 83.1 Å². The molecule has 2 heterocycles. The van der Waals surface area contributed by atoms with Crippen molar-refractivity contribution in [1.82, 2.24) is 25.4 Å². The van der Waals surface area contributed by atoms with Gasteiger partial charge in [0.25, 0.3) is 0 Å². The second-order valence-corrected chi connectivity index (χ2v) is 13.3. The van der Waals surface area contributed by atoms with E-state index in [1.54, 1.807) is 13.1 Å². The predicted molar refractivity (Wildman–Crippen MR) is 178 cm³/mol. The van der Waals surface area contributed by atoms with Gasteiger partial charge in [0.1, 0.15) is 18.4 Å². The molecule has 44 heavy (non-hydrogen) atoms. The van der Waals surface area contributed by atoms with Crippen LogP contribution in [0.4, 0.5) is 4.39 Å². The summed E-state index contributed by atoms with van der Waals surface area (Å²) in [4.78, 5) is 14.1. The molecule has 0 saturated heterocycles. The van der Waals surface area contributed by atoms with Crippen LogP contribution in [-0.4, -0.2) is 52.1 Å². The summed E-state index contributed by atoms with van der Waals surface area (Å²) in [5.74, 6) is 1.98. The summed E-state index contributed by atoms with van der Waals surface area (Å²) >= 11 is 0. The summed E-state index contributed by atoms with van der Waals surface area (Å²) in [7, 11) is 4.51. The normalized spacial score (nSPS) is 15.3. The van der Waals surface area contributed by atoms with Crippen molar-refractivity contribution in [3.05, 3.63) is 53.9 Å². The molecule has 0 fully saturated rings. The molecule has 2 aromatic heterocycles. The number of ether oxygens (including phenoxy) is 2. The number of allylic oxidation sites excluding steroid dienone is 1. The van der Waals surface area contributed by atoms with Gasteiger partial charge in [-0.15, -0.1) is 15.8 Å². The molecule has 6 atom stereocenters. The first-order valence-corrected chi connectivity index (χ1v) is 16.3. The molecule has 1 aromatic carbocycles. The molecular weight excluding hydrogens is 576 g/mol. The Labute approximate surface area is 265 Å². The highest BCUT2D eigenvalue weighted by atomic mass is 31.0. The van der Waals surface area contributed by atoms with Crippen LogP contribution in [0.3, 0.4) is 0 Å². The monoisotopic (exact) mass is 627 g/mol. The highest BCUT2D eigenvalue weighted by Gasteiger charge is 2.32. The number of aromatic nitrogens is 4. The first-order valence-electron chi connectivity index (χ1n) is 15.7. The van der Waals surface area contributed by atoms with E-state index in [4.69, 9.17) is 24.0 Å². The Kier molecular flexibility index (Phi) is 13.3. The van der Waals surface area contributed by atoms with E-state index in [2.05, 4.69) is 52.0 Å².